The molecule has 82 valence electrons. The molecule has 0 aliphatic carbocycles. The third kappa shape index (κ3) is 1.67. The maximum absolute atomic E-state index is 5.78. The highest BCUT2D eigenvalue weighted by molar-refractivity contribution is 5.62. The lowest BCUT2D eigenvalue weighted by Crippen LogP contribution is -2.38. The summed E-state index contributed by atoms with van der Waals surface area (Å²) >= 11 is 0. The molecule has 0 bridgehead atoms. The van der Waals surface area contributed by atoms with E-state index >= 15 is 0 Å². The second kappa shape index (κ2) is 3.98. The van der Waals surface area contributed by atoms with Gasteiger partial charge in [0.05, 0.1) is 25.0 Å². The Morgan fingerprint density at radius 2 is 2.12 bits per heavy atom. The van der Waals surface area contributed by atoms with Gasteiger partial charge in [0.1, 0.15) is 18.1 Å². The highest BCUT2D eigenvalue weighted by Crippen LogP contribution is 2.29. The third-order valence-electron chi connectivity index (χ3n) is 2.45. The van der Waals surface area contributed by atoms with E-state index in [1.807, 2.05) is 24.3 Å². The molecule has 0 saturated carbocycles. The number of hydrogen-bond acceptors (Lipinski definition) is 4. The van der Waals surface area contributed by atoms with E-state index in [1.54, 1.807) is 12.5 Å². The molecule has 1 aliphatic heterocycles. The summed E-state index contributed by atoms with van der Waals surface area (Å²) in [6, 6.07) is 7.71. The van der Waals surface area contributed by atoms with Crippen LogP contribution in [0.3, 0.4) is 0 Å². The monoisotopic (exact) mass is 217 g/mol. The molecule has 4 nitrogen and oxygen atoms in total. The van der Waals surface area contributed by atoms with E-state index in [1.165, 1.54) is 0 Å². The number of benzene rings is 1. The lowest BCUT2D eigenvalue weighted by molar-refractivity contribution is -0.0794. The summed E-state index contributed by atoms with van der Waals surface area (Å²) in [5, 5.41) is 0. The molecule has 0 atom stereocenters. The molecule has 1 saturated heterocycles. The Labute approximate surface area is 92.8 Å². The summed E-state index contributed by atoms with van der Waals surface area (Å²) in [6.45, 7) is 1.31. The maximum atomic E-state index is 5.78. The Balaban J connectivity index is 1.91. The van der Waals surface area contributed by atoms with Crippen molar-refractivity contribution in [3.05, 3.63) is 36.7 Å². The van der Waals surface area contributed by atoms with Crippen molar-refractivity contribution in [2.24, 2.45) is 0 Å². The van der Waals surface area contributed by atoms with Gasteiger partial charge >= 0.3 is 0 Å². The number of rotatable bonds is 3. The third-order valence-corrected chi connectivity index (χ3v) is 2.45. The largest absolute Gasteiger partial charge is 0.485 e. The first kappa shape index (κ1) is 9.42. The normalized spacial score (nSPS) is 15.8. The minimum absolute atomic E-state index is 0.149. The van der Waals surface area contributed by atoms with Gasteiger partial charge in [-0.3, -0.25) is 0 Å². The van der Waals surface area contributed by atoms with E-state index in [0.717, 1.165) is 11.3 Å². The zero-order chi connectivity index (χ0) is 10.8. The van der Waals surface area contributed by atoms with Crippen LogP contribution in [0.1, 0.15) is 0 Å². The highest BCUT2D eigenvalue weighted by Gasteiger charge is 2.22. The second-order valence-electron chi connectivity index (χ2n) is 3.61. The van der Waals surface area contributed by atoms with Crippen LogP contribution in [0.2, 0.25) is 0 Å². The van der Waals surface area contributed by atoms with Gasteiger partial charge in [-0.1, -0.05) is 12.1 Å². The van der Waals surface area contributed by atoms with Crippen LogP contribution in [0.4, 0.5) is 0 Å². The molecule has 1 aromatic heterocycles. The molecule has 0 N–H and O–H groups in total. The molecule has 3 rings (SSSR count). The Morgan fingerprint density at radius 1 is 1.25 bits per heavy atom. The number of ether oxygens (including phenoxy) is 2. The number of aromatic nitrogens is 1. The van der Waals surface area contributed by atoms with Crippen molar-refractivity contribution < 1.29 is 13.9 Å². The Hall–Kier alpha value is -1.81. The Morgan fingerprint density at radius 3 is 2.81 bits per heavy atom. The molecule has 2 heterocycles. The van der Waals surface area contributed by atoms with Gasteiger partial charge in [-0.05, 0) is 12.1 Å². The van der Waals surface area contributed by atoms with E-state index in [0.29, 0.717) is 19.1 Å². The molecule has 0 unspecified atom stereocenters. The molecule has 16 heavy (non-hydrogen) atoms. The van der Waals surface area contributed by atoms with Crippen LogP contribution in [0.25, 0.3) is 11.5 Å². The highest BCUT2D eigenvalue weighted by atomic mass is 16.6. The van der Waals surface area contributed by atoms with Crippen molar-refractivity contribution in [2.75, 3.05) is 13.2 Å². The topological polar surface area (TPSA) is 44.5 Å². The zero-order valence-electron chi connectivity index (χ0n) is 8.63. The average molecular weight is 217 g/mol. The van der Waals surface area contributed by atoms with E-state index in [9.17, 15) is 0 Å². The van der Waals surface area contributed by atoms with Crippen LogP contribution in [-0.2, 0) is 4.74 Å². The minimum atomic E-state index is 0.149. The number of nitrogens with zero attached hydrogens (tertiary/aromatic N) is 1. The lowest BCUT2D eigenvalue weighted by atomic mass is 10.2. The van der Waals surface area contributed by atoms with Gasteiger partial charge in [0, 0.05) is 0 Å². The van der Waals surface area contributed by atoms with Gasteiger partial charge < -0.3 is 13.9 Å². The second-order valence-corrected chi connectivity index (χ2v) is 3.61. The van der Waals surface area contributed by atoms with E-state index in [4.69, 9.17) is 13.9 Å². The van der Waals surface area contributed by atoms with Crippen molar-refractivity contribution in [1.29, 1.82) is 0 Å². The first-order valence-electron chi connectivity index (χ1n) is 5.17. The van der Waals surface area contributed by atoms with Crippen molar-refractivity contribution in [2.45, 2.75) is 6.10 Å². The van der Waals surface area contributed by atoms with Crippen LogP contribution in [-0.4, -0.2) is 24.3 Å². The lowest BCUT2D eigenvalue weighted by Gasteiger charge is -2.27. The molecule has 4 heteroatoms. The summed E-state index contributed by atoms with van der Waals surface area (Å²) < 4.78 is 16.1. The number of oxazole rings is 1. The SMILES string of the molecule is c1ccc(-c2ncco2)c(OC2COC2)c1. The average Bonchev–Trinajstić information content (AvgIpc) is 2.77. The molecule has 1 fully saturated rings. The quantitative estimate of drug-likeness (QED) is 0.789. The molecular weight excluding hydrogens is 206 g/mol. The van der Waals surface area contributed by atoms with Crippen molar-refractivity contribution in [1.82, 2.24) is 4.98 Å². The van der Waals surface area contributed by atoms with Crippen molar-refractivity contribution in [3.8, 4) is 17.2 Å². The summed E-state index contributed by atoms with van der Waals surface area (Å²) in [7, 11) is 0. The van der Waals surface area contributed by atoms with Crippen LogP contribution < -0.4 is 4.74 Å². The van der Waals surface area contributed by atoms with Crippen LogP contribution in [0, 0.1) is 0 Å². The molecule has 1 aliphatic rings. The fraction of sp³-hybridized carbons (Fsp3) is 0.250. The van der Waals surface area contributed by atoms with Gasteiger partial charge in [0.25, 0.3) is 0 Å². The molecule has 2 aromatic rings. The van der Waals surface area contributed by atoms with Crippen LogP contribution >= 0.6 is 0 Å². The fourth-order valence-corrected chi connectivity index (χ4v) is 1.56. The van der Waals surface area contributed by atoms with Gasteiger partial charge in [-0.15, -0.1) is 0 Å². The summed E-state index contributed by atoms with van der Waals surface area (Å²) in [5.74, 6) is 1.37. The summed E-state index contributed by atoms with van der Waals surface area (Å²) in [5.41, 5.74) is 0.874. The predicted octanol–water partition coefficient (Wildman–Crippen LogP) is 2.12. The van der Waals surface area contributed by atoms with Gasteiger partial charge in [0.2, 0.25) is 5.89 Å². The standard InChI is InChI=1S/C12H11NO3/c1-2-4-11(16-9-7-14-8-9)10(3-1)12-13-5-6-15-12/h1-6,9H,7-8H2. The predicted molar refractivity (Wildman–Crippen MR) is 57.2 cm³/mol. The van der Waals surface area contributed by atoms with Crippen LogP contribution in [0.15, 0.2) is 41.1 Å². The molecule has 0 spiro atoms. The number of para-hydroxylation sites is 1. The molecule has 0 radical (unpaired) electrons. The van der Waals surface area contributed by atoms with E-state index in [-0.39, 0.29) is 6.10 Å². The summed E-state index contributed by atoms with van der Waals surface area (Å²) in [4.78, 5) is 4.12. The Kier molecular flexibility index (Phi) is 2.34. The van der Waals surface area contributed by atoms with Crippen molar-refractivity contribution in [3.63, 3.8) is 0 Å². The van der Waals surface area contributed by atoms with Crippen LogP contribution in [0.5, 0.6) is 5.75 Å². The smallest absolute Gasteiger partial charge is 0.229 e. The molecular formula is C12H11NO3. The molecule has 1 aromatic carbocycles. The first-order chi connectivity index (χ1) is 7.93. The summed E-state index contributed by atoms with van der Waals surface area (Å²) in [6.07, 6.45) is 3.33. The van der Waals surface area contributed by atoms with E-state index in [2.05, 4.69) is 4.98 Å². The Bertz CT molecular complexity index is 463. The zero-order valence-corrected chi connectivity index (χ0v) is 8.63. The fourth-order valence-electron chi connectivity index (χ4n) is 1.56. The molecule has 0 amide bonds. The van der Waals surface area contributed by atoms with Gasteiger partial charge in [-0.2, -0.15) is 0 Å². The minimum Gasteiger partial charge on any atom is -0.485 e. The van der Waals surface area contributed by atoms with Crippen molar-refractivity contribution >= 4 is 0 Å². The number of hydrogen-bond donors (Lipinski definition) is 0. The van der Waals surface area contributed by atoms with E-state index < -0.39 is 0 Å². The van der Waals surface area contributed by atoms with Gasteiger partial charge in [-0.25, -0.2) is 4.98 Å². The first-order valence-corrected chi connectivity index (χ1v) is 5.17. The van der Waals surface area contributed by atoms with Gasteiger partial charge in [0.15, 0.2) is 0 Å². The maximum Gasteiger partial charge on any atom is 0.229 e.